The lowest BCUT2D eigenvalue weighted by Gasteiger charge is -2.44. The summed E-state index contributed by atoms with van der Waals surface area (Å²) in [5, 5.41) is 0. The molecule has 3 heteroatoms. The Hall–Kier alpha value is -0.730. The zero-order valence-electron chi connectivity index (χ0n) is 6.62. The summed E-state index contributed by atoms with van der Waals surface area (Å²) < 4.78 is 0. The third kappa shape index (κ3) is 1.08. The molecule has 0 aromatic rings. The minimum Gasteiger partial charge on any atom is -0.351 e. The number of nitrogens with two attached hydrogens (primary N) is 1. The van der Waals surface area contributed by atoms with E-state index in [1.165, 1.54) is 25.7 Å². The molecule has 62 valence electrons. The van der Waals surface area contributed by atoms with Crippen molar-refractivity contribution in [2.45, 2.75) is 31.7 Å². The van der Waals surface area contributed by atoms with Crippen molar-refractivity contribution in [3.63, 3.8) is 0 Å². The van der Waals surface area contributed by atoms with E-state index in [9.17, 15) is 4.79 Å². The molecule has 2 heterocycles. The highest BCUT2D eigenvalue weighted by Crippen LogP contribution is 2.34. The fourth-order valence-electron chi connectivity index (χ4n) is 2.34. The van der Waals surface area contributed by atoms with Gasteiger partial charge in [-0.2, -0.15) is 0 Å². The zero-order chi connectivity index (χ0) is 7.84. The summed E-state index contributed by atoms with van der Waals surface area (Å²) in [7, 11) is 0. The number of piperidine rings is 2. The van der Waals surface area contributed by atoms with Crippen molar-refractivity contribution in [1.29, 1.82) is 0 Å². The number of primary amides is 1. The highest BCUT2D eigenvalue weighted by Gasteiger charge is 2.35. The van der Waals surface area contributed by atoms with Gasteiger partial charge in [0.2, 0.25) is 0 Å². The molecule has 0 spiro atoms. The van der Waals surface area contributed by atoms with Crippen LogP contribution in [0.4, 0.5) is 4.79 Å². The van der Waals surface area contributed by atoms with Crippen LogP contribution in [0.3, 0.4) is 0 Å². The smallest absolute Gasteiger partial charge is 0.315 e. The highest BCUT2D eigenvalue weighted by molar-refractivity contribution is 5.72. The van der Waals surface area contributed by atoms with Crippen LogP contribution in [-0.4, -0.2) is 23.5 Å². The third-order valence-corrected chi connectivity index (χ3v) is 3.00. The van der Waals surface area contributed by atoms with E-state index in [0.717, 1.165) is 12.5 Å². The number of carbonyl (C=O) groups excluding carboxylic acids is 1. The summed E-state index contributed by atoms with van der Waals surface area (Å²) >= 11 is 0. The van der Waals surface area contributed by atoms with Crippen LogP contribution < -0.4 is 5.73 Å². The lowest BCUT2D eigenvalue weighted by atomic mass is 9.80. The van der Waals surface area contributed by atoms with Crippen molar-refractivity contribution >= 4 is 6.03 Å². The first-order valence-electron chi connectivity index (χ1n) is 4.33. The molecule has 3 rings (SSSR count). The minimum absolute atomic E-state index is 0.223. The minimum atomic E-state index is -0.223. The molecule has 1 saturated carbocycles. The fraction of sp³-hybridized carbons (Fsp3) is 0.875. The second-order valence-electron chi connectivity index (χ2n) is 3.67. The molecule has 0 aromatic carbocycles. The molecule has 3 nitrogen and oxygen atoms in total. The van der Waals surface area contributed by atoms with Crippen LogP contribution in [0.1, 0.15) is 25.7 Å². The summed E-state index contributed by atoms with van der Waals surface area (Å²) in [5.74, 6) is 0.743. The zero-order valence-corrected chi connectivity index (χ0v) is 6.62. The SMILES string of the molecule is NC(=O)N1CC2CCC1CC2. The molecular weight excluding hydrogens is 140 g/mol. The monoisotopic (exact) mass is 154 g/mol. The maximum atomic E-state index is 10.9. The molecule has 3 fully saturated rings. The van der Waals surface area contributed by atoms with Crippen LogP contribution in [0.5, 0.6) is 0 Å². The summed E-state index contributed by atoms with van der Waals surface area (Å²) in [6, 6.07) is 0.247. The van der Waals surface area contributed by atoms with E-state index in [2.05, 4.69) is 0 Å². The first-order valence-corrected chi connectivity index (χ1v) is 4.33. The Kier molecular flexibility index (Phi) is 1.51. The number of amides is 2. The van der Waals surface area contributed by atoms with Crippen LogP contribution in [-0.2, 0) is 0 Å². The van der Waals surface area contributed by atoms with Crippen molar-refractivity contribution in [1.82, 2.24) is 4.90 Å². The van der Waals surface area contributed by atoms with Gasteiger partial charge in [0.1, 0.15) is 0 Å². The maximum Gasteiger partial charge on any atom is 0.315 e. The van der Waals surface area contributed by atoms with Gasteiger partial charge < -0.3 is 10.6 Å². The Morgan fingerprint density at radius 1 is 1.27 bits per heavy atom. The van der Waals surface area contributed by atoms with Crippen LogP contribution >= 0.6 is 0 Å². The molecule has 1 aliphatic carbocycles. The van der Waals surface area contributed by atoms with E-state index >= 15 is 0 Å². The van der Waals surface area contributed by atoms with Crippen LogP contribution in [0.2, 0.25) is 0 Å². The lowest BCUT2D eigenvalue weighted by molar-refractivity contribution is 0.0794. The first-order chi connectivity index (χ1) is 5.27. The Labute approximate surface area is 66.5 Å². The van der Waals surface area contributed by atoms with Crippen molar-refractivity contribution in [2.24, 2.45) is 11.7 Å². The van der Waals surface area contributed by atoms with Gasteiger partial charge in [-0.1, -0.05) is 0 Å². The second kappa shape index (κ2) is 2.40. The number of nitrogens with zero attached hydrogens (tertiary/aromatic N) is 1. The number of carbonyl (C=O) groups is 1. The number of urea groups is 1. The van der Waals surface area contributed by atoms with E-state index in [1.54, 1.807) is 0 Å². The topological polar surface area (TPSA) is 46.3 Å². The Bertz CT molecular complexity index is 173. The normalized spacial score (nSPS) is 35.8. The second-order valence-corrected chi connectivity index (χ2v) is 3.67. The standard InChI is InChI=1S/C8H14N2O/c9-8(11)10-5-6-1-3-7(10)4-2-6/h6-7H,1-5H2,(H2,9,11). The summed E-state index contributed by atoms with van der Waals surface area (Å²) in [6.45, 7) is 0.917. The third-order valence-electron chi connectivity index (χ3n) is 3.00. The molecule has 2 bridgehead atoms. The number of fused-ring (bicyclic) bond motifs is 3. The molecular formula is C8H14N2O. The van der Waals surface area contributed by atoms with Gasteiger partial charge in [0.05, 0.1) is 0 Å². The molecule has 3 aliphatic rings. The molecule has 11 heavy (non-hydrogen) atoms. The molecule has 0 unspecified atom stereocenters. The van der Waals surface area contributed by atoms with E-state index in [1.807, 2.05) is 4.90 Å². The Morgan fingerprint density at radius 2 is 1.91 bits per heavy atom. The molecule has 0 atom stereocenters. The molecule has 2 N–H and O–H groups in total. The van der Waals surface area contributed by atoms with E-state index in [4.69, 9.17) is 5.73 Å². The molecule has 0 aromatic heterocycles. The van der Waals surface area contributed by atoms with Crippen LogP contribution in [0.25, 0.3) is 0 Å². The number of hydrogen-bond acceptors (Lipinski definition) is 1. The fourth-order valence-corrected chi connectivity index (χ4v) is 2.34. The van der Waals surface area contributed by atoms with Crippen molar-refractivity contribution < 1.29 is 4.79 Å². The van der Waals surface area contributed by atoms with Gasteiger partial charge in [0.25, 0.3) is 0 Å². The molecule has 2 saturated heterocycles. The predicted octanol–water partition coefficient (Wildman–Crippen LogP) is 0.940. The largest absolute Gasteiger partial charge is 0.351 e. The van der Waals surface area contributed by atoms with Gasteiger partial charge in [0.15, 0.2) is 0 Å². The number of hydrogen-bond donors (Lipinski definition) is 1. The van der Waals surface area contributed by atoms with Crippen LogP contribution in [0.15, 0.2) is 0 Å². The number of rotatable bonds is 0. The van der Waals surface area contributed by atoms with Crippen molar-refractivity contribution in [3.8, 4) is 0 Å². The quantitative estimate of drug-likeness (QED) is 0.554. The summed E-state index contributed by atoms with van der Waals surface area (Å²) in [6.07, 6.45) is 4.95. The predicted molar refractivity (Wildman–Crippen MR) is 42.0 cm³/mol. The first kappa shape index (κ1) is 6.95. The summed E-state index contributed by atoms with van der Waals surface area (Å²) in [5.41, 5.74) is 5.24. The maximum absolute atomic E-state index is 10.9. The van der Waals surface area contributed by atoms with Gasteiger partial charge in [-0.25, -0.2) is 4.79 Å². The van der Waals surface area contributed by atoms with E-state index < -0.39 is 0 Å². The lowest BCUT2D eigenvalue weighted by Crippen LogP contribution is -2.52. The average Bonchev–Trinajstić information content (AvgIpc) is 2.06. The van der Waals surface area contributed by atoms with Crippen molar-refractivity contribution in [2.75, 3.05) is 6.54 Å². The Morgan fingerprint density at radius 3 is 2.18 bits per heavy atom. The highest BCUT2D eigenvalue weighted by atomic mass is 16.2. The van der Waals surface area contributed by atoms with Crippen LogP contribution in [0, 0.1) is 5.92 Å². The molecule has 2 aliphatic heterocycles. The van der Waals surface area contributed by atoms with Gasteiger partial charge in [-0.15, -0.1) is 0 Å². The van der Waals surface area contributed by atoms with Gasteiger partial charge >= 0.3 is 6.03 Å². The van der Waals surface area contributed by atoms with Crippen molar-refractivity contribution in [3.05, 3.63) is 0 Å². The van der Waals surface area contributed by atoms with E-state index in [-0.39, 0.29) is 6.03 Å². The van der Waals surface area contributed by atoms with Gasteiger partial charge in [-0.05, 0) is 31.6 Å². The van der Waals surface area contributed by atoms with E-state index in [0.29, 0.717) is 6.04 Å². The Balaban J connectivity index is 2.08. The summed E-state index contributed by atoms with van der Waals surface area (Å²) in [4.78, 5) is 12.7. The van der Waals surface area contributed by atoms with Gasteiger partial charge in [-0.3, -0.25) is 0 Å². The average molecular weight is 154 g/mol. The molecule has 2 amide bonds. The van der Waals surface area contributed by atoms with Gasteiger partial charge in [0, 0.05) is 12.6 Å². The molecule has 0 radical (unpaired) electrons.